The van der Waals surface area contributed by atoms with Gasteiger partial charge in [0.2, 0.25) is 5.91 Å². The van der Waals surface area contributed by atoms with Gasteiger partial charge in [0.15, 0.2) is 0 Å². The lowest BCUT2D eigenvalue weighted by atomic mass is 9.94. The Kier molecular flexibility index (Phi) is 35.2. The highest BCUT2D eigenvalue weighted by Gasteiger charge is 2.25. The molecule has 0 aliphatic heterocycles. The van der Waals surface area contributed by atoms with Crippen LogP contribution in [-0.4, -0.2) is 73.6 Å². The van der Waals surface area contributed by atoms with E-state index in [0.717, 1.165) is 83.7 Å². The molecule has 0 aliphatic rings. The van der Waals surface area contributed by atoms with Crippen LogP contribution in [0.2, 0.25) is 0 Å². The van der Waals surface area contributed by atoms with Gasteiger partial charge in [-0.15, -0.1) is 0 Å². The van der Waals surface area contributed by atoms with E-state index in [-0.39, 0.29) is 48.8 Å². The third-order valence-corrected chi connectivity index (χ3v) is 10.8. The largest absolute Gasteiger partial charge is 0.464 e. The molecule has 0 N–H and O–H groups in total. The lowest BCUT2D eigenvalue weighted by Gasteiger charge is -2.29. The molecule has 0 spiro atoms. The molecule has 0 fully saturated rings. The van der Waals surface area contributed by atoms with E-state index >= 15 is 0 Å². The second kappa shape index (κ2) is 36.4. The van der Waals surface area contributed by atoms with Crippen LogP contribution < -0.4 is 0 Å². The van der Waals surface area contributed by atoms with Crippen LogP contribution in [0, 0.1) is 17.8 Å². The Bertz CT molecular complexity index is 787. The molecule has 0 aliphatic carbocycles. The van der Waals surface area contributed by atoms with Crippen molar-refractivity contribution >= 4 is 17.8 Å². The zero-order valence-corrected chi connectivity index (χ0v) is 35.8. The minimum atomic E-state index is -0.198. The molecule has 0 radical (unpaired) electrons. The van der Waals surface area contributed by atoms with Gasteiger partial charge in [-0.05, 0) is 45.2 Å². The van der Waals surface area contributed by atoms with E-state index in [1.165, 1.54) is 89.9 Å². The van der Waals surface area contributed by atoms with Gasteiger partial charge in [-0.3, -0.25) is 14.4 Å². The summed E-state index contributed by atoms with van der Waals surface area (Å²) in [6.07, 6.45) is 28.3. The van der Waals surface area contributed by atoms with Crippen LogP contribution in [0.5, 0.6) is 0 Å². The SMILES string of the molecule is CCCCCCCCC(CCCCCC)C(=O)OCCN(CCOC(=O)C(CCCCCC)CCCCCCCC)C(=O)C(C)CN(CC)CCC. The smallest absolute Gasteiger partial charge is 0.308 e. The zero-order chi connectivity index (χ0) is 38.7. The molecule has 0 bridgehead atoms. The van der Waals surface area contributed by atoms with Gasteiger partial charge >= 0.3 is 11.9 Å². The molecule has 308 valence electrons. The van der Waals surface area contributed by atoms with Gasteiger partial charge in [-0.25, -0.2) is 0 Å². The first-order valence-electron chi connectivity index (χ1n) is 22.6. The van der Waals surface area contributed by atoms with Gasteiger partial charge in [-0.1, -0.05) is 177 Å². The number of hydrogen-bond donors (Lipinski definition) is 0. The predicted octanol–water partition coefficient (Wildman–Crippen LogP) is 11.9. The van der Waals surface area contributed by atoms with Crippen LogP contribution in [0.4, 0.5) is 0 Å². The van der Waals surface area contributed by atoms with Crippen molar-refractivity contribution in [1.82, 2.24) is 9.80 Å². The van der Waals surface area contributed by atoms with Crippen LogP contribution in [0.3, 0.4) is 0 Å². The summed E-state index contributed by atoms with van der Waals surface area (Å²) in [5.74, 6) is -0.528. The summed E-state index contributed by atoms with van der Waals surface area (Å²) in [6, 6.07) is 0. The van der Waals surface area contributed by atoms with Gasteiger partial charge in [0.05, 0.1) is 24.9 Å². The zero-order valence-electron chi connectivity index (χ0n) is 35.8. The fraction of sp³-hybridized carbons (Fsp3) is 0.933. The third kappa shape index (κ3) is 27.0. The minimum absolute atomic E-state index is 0.0352. The van der Waals surface area contributed by atoms with E-state index in [0.29, 0.717) is 19.6 Å². The van der Waals surface area contributed by atoms with E-state index in [1.54, 1.807) is 4.90 Å². The molecule has 3 unspecified atom stereocenters. The van der Waals surface area contributed by atoms with E-state index in [2.05, 4.69) is 46.4 Å². The molecule has 7 heteroatoms. The highest BCUT2D eigenvalue weighted by atomic mass is 16.5. The van der Waals surface area contributed by atoms with Crippen molar-refractivity contribution in [2.45, 2.75) is 209 Å². The number of hydrogen-bond acceptors (Lipinski definition) is 6. The molecule has 0 aromatic carbocycles. The summed E-state index contributed by atoms with van der Waals surface area (Å²) in [5, 5.41) is 0. The Morgan fingerprint density at radius 2 is 0.808 bits per heavy atom. The number of unbranched alkanes of at least 4 members (excludes halogenated alkanes) is 16. The first kappa shape index (κ1) is 50.4. The maximum atomic E-state index is 13.8. The number of carbonyl (C=O) groups excluding carboxylic acids is 3. The summed E-state index contributed by atoms with van der Waals surface area (Å²) >= 11 is 0. The van der Waals surface area contributed by atoms with Crippen LogP contribution >= 0.6 is 0 Å². The number of esters is 2. The number of nitrogens with zero attached hydrogens (tertiary/aromatic N) is 2. The summed E-state index contributed by atoms with van der Waals surface area (Å²) in [6.45, 7) is 18.7. The molecule has 0 saturated heterocycles. The van der Waals surface area contributed by atoms with Gasteiger partial charge in [-0.2, -0.15) is 0 Å². The van der Waals surface area contributed by atoms with E-state index in [1.807, 2.05) is 6.92 Å². The summed E-state index contributed by atoms with van der Waals surface area (Å²) in [4.78, 5) is 44.7. The Hall–Kier alpha value is -1.63. The molecule has 52 heavy (non-hydrogen) atoms. The Morgan fingerprint density at radius 1 is 0.462 bits per heavy atom. The van der Waals surface area contributed by atoms with E-state index in [9.17, 15) is 14.4 Å². The van der Waals surface area contributed by atoms with Crippen LogP contribution in [0.15, 0.2) is 0 Å². The van der Waals surface area contributed by atoms with Crippen molar-refractivity contribution < 1.29 is 23.9 Å². The number of amides is 1. The third-order valence-electron chi connectivity index (χ3n) is 10.8. The van der Waals surface area contributed by atoms with Crippen molar-refractivity contribution in [3.05, 3.63) is 0 Å². The lowest BCUT2D eigenvalue weighted by Crippen LogP contribution is -2.44. The van der Waals surface area contributed by atoms with Crippen LogP contribution in [0.1, 0.15) is 209 Å². The quantitative estimate of drug-likeness (QED) is 0.0464. The molecule has 0 aromatic rings. The molecule has 1 amide bonds. The van der Waals surface area contributed by atoms with Crippen LogP contribution in [-0.2, 0) is 23.9 Å². The lowest BCUT2D eigenvalue weighted by molar-refractivity contribution is -0.153. The highest BCUT2D eigenvalue weighted by molar-refractivity contribution is 5.79. The summed E-state index contributed by atoms with van der Waals surface area (Å²) in [7, 11) is 0. The van der Waals surface area contributed by atoms with Crippen molar-refractivity contribution in [1.29, 1.82) is 0 Å². The van der Waals surface area contributed by atoms with Crippen molar-refractivity contribution in [2.24, 2.45) is 17.8 Å². The topological polar surface area (TPSA) is 76.1 Å². The fourth-order valence-corrected chi connectivity index (χ4v) is 7.29. The van der Waals surface area contributed by atoms with Gasteiger partial charge in [0.25, 0.3) is 0 Å². The van der Waals surface area contributed by atoms with Crippen molar-refractivity contribution in [3.63, 3.8) is 0 Å². The van der Waals surface area contributed by atoms with Gasteiger partial charge < -0.3 is 19.3 Å². The molecule has 0 heterocycles. The average Bonchev–Trinajstić information content (AvgIpc) is 3.14. The molecular weight excluding hydrogens is 649 g/mol. The monoisotopic (exact) mass is 737 g/mol. The number of ether oxygens (including phenoxy) is 2. The number of rotatable bonds is 38. The highest BCUT2D eigenvalue weighted by Crippen LogP contribution is 2.22. The second-order valence-corrected chi connectivity index (χ2v) is 15.7. The normalized spacial score (nSPS) is 13.2. The Labute approximate surface area is 323 Å². The van der Waals surface area contributed by atoms with Crippen molar-refractivity contribution in [3.8, 4) is 0 Å². The molecule has 7 nitrogen and oxygen atoms in total. The molecule has 0 saturated carbocycles. The van der Waals surface area contributed by atoms with Gasteiger partial charge in [0.1, 0.15) is 13.2 Å². The maximum absolute atomic E-state index is 13.8. The maximum Gasteiger partial charge on any atom is 0.308 e. The van der Waals surface area contributed by atoms with E-state index in [4.69, 9.17) is 9.47 Å². The predicted molar refractivity (Wildman–Crippen MR) is 221 cm³/mol. The van der Waals surface area contributed by atoms with Crippen molar-refractivity contribution in [2.75, 3.05) is 45.9 Å². The fourth-order valence-electron chi connectivity index (χ4n) is 7.29. The van der Waals surface area contributed by atoms with Gasteiger partial charge in [0, 0.05) is 12.5 Å². The first-order valence-corrected chi connectivity index (χ1v) is 22.6. The Morgan fingerprint density at radius 3 is 1.15 bits per heavy atom. The summed E-state index contributed by atoms with van der Waals surface area (Å²) < 4.78 is 11.8. The minimum Gasteiger partial charge on any atom is -0.464 e. The Balaban J connectivity index is 5.45. The van der Waals surface area contributed by atoms with E-state index < -0.39 is 0 Å². The molecule has 0 rings (SSSR count). The average molecular weight is 737 g/mol. The second-order valence-electron chi connectivity index (χ2n) is 15.7. The summed E-state index contributed by atoms with van der Waals surface area (Å²) in [5.41, 5.74) is 0. The molecule has 3 atom stereocenters. The molecular formula is C45H88N2O5. The van der Waals surface area contributed by atoms with Crippen LogP contribution in [0.25, 0.3) is 0 Å². The first-order chi connectivity index (χ1) is 25.3. The molecule has 0 aromatic heterocycles. The standard InChI is InChI=1S/C45H88N2O5/c1-8-14-18-22-24-28-32-41(30-26-20-16-10-3)44(49)51-37-35-47(43(48)40(7)39-46(13-6)34-12-5)36-38-52-45(50)42(31-27-21-17-11-4)33-29-25-23-19-15-9-2/h40-42H,8-39H2,1-7H3. The number of carbonyl (C=O) groups is 3.